The van der Waals surface area contributed by atoms with Crippen LogP contribution in [0.2, 0.25) is 0 Å². The van der Waals surface area contributed by atoms with Crippen molar-refractivity contribution in [3.8, 4) is 11.1 Å². The molecule has 10 heteroatoms. The highest BCUT2D eigenvalue weighted by molar-refractivity contribution is 6.04. The van der Waals surface area contributed by atoms with Gasteiger partial charge in [0.05, 0.1) is 6.04 Å². The van der Waals surface area contributed by atoms with Crippen LogP contribution in [0.1, 0.15) is 50.2 Å². The topological polar surface area (TPSA) is 145 Å². The maximum Gasteiger partial charge on any atom is 0.258 e. The number of benzene rings is 2. The van der Waals surface area contributed by atoms with Gasteiger partial charge in [-0.2, -0.15) is 0 Å². The lowest BCUT2D eigenvalue weighted by molar-refractivity contribution is -0.146. The number of Topliss-reactive ketones (excluding diaryl/α,β-unsaturated/α-hetero) is 1. The lowest BCUT2D eigenvalue weighted by Gasteiger charge is -2.38. The Hall–Kier alpha value is -4.05. The molecule has 0 spiro atoms. The minimum Gasteiger partial charge on any atom is -0.389 e. The van der Waals surface area contributed by atoms with E-state index in [4.69, 9.17) is 0 Å². The highest BCUT2D eigenvalue weighted by Crippen LogP contribution is 2.51. The number of hydrogen-bond donors (Lipinski definition) is 4. The first-order valence-electron chi connectivity index (χ1n) is 14.8. The van der Waals surface area contributed by atoms with E-state index >= 15 is 0 Å². The van der Waals surface area contributed by atoms with Crippen LogP contribution in [0.3, 0.4) is 0 Å². The van der Waals surface area contributed by atoms with Crippen LogP contribution in [0, 0.1) is 17.8 Å². The molecule has 2 aliphatic carbocycles. The molecule has 0 unspecified atom stereocenters. The van der Waals surface area contributed by atoms with Gasteiger partial charge in [0.15, 0.2) is 11.3 Å². The molecule has 2 aliphatic heterocycles. The highest BCUT2D eigenvalue weighted by Gasteiger charge is 2.58. The van der Waals surface area contributed by atoms with Crippen molar-refractivity contribution in [2.45, 2.75) is 56.7 Å². The van der Waals surface area contributed by atoms with Gasteiger partial charge in [0.25, 0.3) is 5.91 Å². The van der Waals surface area contributed by atoms with Crippen molar-refractivity contribution in [3.05, 3.63) is 59.7 Å². The van der Waals surface area contributed by atoms with Gasteiger partial charge >= 0.3 is 0 Å². The van der Waals surface area contributed by atoms with Crippen molar-refractivity contribution in [2.75, 3.05) is 19.7 Å². The third-order valence-electron chi connectivity index (χ3n) is 9.60. The number of aliphatic hydroxyl groups excluding tert-OH is 1. The fraction of sp³-hybridized carbons (Fsp3) is 0.469. The van der Waals surface area contributed by atoms with Crippen LogP contribution in [0.25, 0.3) is 11.1 Å². The van der Waals surface area contributed by atoms with E-state index in [9.17, 15) is 29.1 Å². The molecule has 10 nitrogen and oxygen atoms in total. The van der Waals surface area contributed by atoms with E-state index in [2.05, 4.69) is 16.0 Å². The van der Waals surface area contributed by atoms with E-state index < -0.39 is 41.8 Å². The van der Waals surface area contributed by atoms with Gasteiger partial charge in [0, 0.05) is 25.9 Å². The smallest absolute Gasteiger partial charge is 0.258 e. The van der Waals surface area contributed by atoms with Gasteiger partial charge in [-0.25, -0.2) is 0 Å². The van der Waals surface area contributed by atoms with Crippen LogP contribution < -0.4 is 16.0 Å². The number of carbonyl (C=O) groups is 5. The summed E-state index contributed by atoms with van der Waals surface area (Å²) in [5.74, 6) is -2.42. The van der Waals surface area contributed by atoms with Gasteiger partial charge in [-0.1, -0.05) is 55.0 Å². The summed E-state index contributed by atoms with van der Waals surface area (Å²) in [6.45, 7) is 1.47. The van der Waals surface area contributed by atoms with Crippen molar-refractivity contribution in [1.29, 1.82) is 0 Å². The molecule has 42 heavy (non-hydrogen) atoms. The van der Waals surface area contributed by atoms with E-state index in [1.54, 1.807) is 4.90 Å². The first-order chi connectivity index (χ1) is 20.3. The largest absolute Gasteiger partial charge is 0.389 e. The van der Waals surface area contributed by atoms with Crippen LogP contribution in [0.5, 0.6) is 0 Å². The minimum atomic E-state index is -1.52. The molecule has 6 rings (SSSR count). The van der Waals surface area contributed by atoms with Gasteiger partial charge in [-0.15, -0.1) is 0 Å². The Balaban J connectivity index is 1.38. The molecule has 2 heterocycles. The number of amides is 4. The Morgan fingerprint density at radius 1 is 1.02 bits per heavy atom. The van der Waals surface area contributed by atoms with Gasteiger partial charge in [-0.3, -0.25) is 24.0 Å². The number of fused-ring (bicyclic) bond motifs is 4. The van der Waals surface area contributed by atoms with Crippen LogP contribution in [-0.2, 0) is 29.5 Å². The van der Waals surface area contributed by atoms with Crippen molar-refractivity contribution in [2.24, 2.45) is 17.8 Å². The summed E-state index contributed by atoms with van der Waals surface area (Å²) in [6, 6.07) is 13.1. The number of aliphatic hydroxyl groups is 1. The summed E-state index contributed by atoms with van der Waals surface area (Å²) in [4.78, 5) is 68.4. The fourth-order valence-corrected chi connectivity index (χ4v) is 7.78. The van der Waals surface area contributed by atoms with Crippen LogP contribution in [-0.4, -0.2) is 71.2 Å². The molecule has 4 aliphatic rings. The number of ketones is 1. The van der Waals surface area contributed by atoms with E-state index in [1.807, 2.05) is 48.5 Å². The predicted molar refractivity (Wildman–Crippen MR) is 153 cm³/mol. The van der Waals surface area contributed by atoms with E-state index in [0.29, 0.717) is 30.6 Å². The zero-order valence-corrected chi connectivity index (χ0v) is 23.6. The Morgan fingerprint density at radius 3 is 2.29 bits per heavy atom. The molecule has 4 N–H and O–H groups in total. The minimum absolute atomic E-state index is 0.0856. The van der Waals surface area contributed by atoms with Crippen LogP contribution >= 0.6 is 0 Å². The number of hydrogen-bond acceptors (Lipinski definition) is 6. The van der Waals surface area contributed by atoms with Gasteiger partial charge in [0.2, 0.25) is 17.7 Å². The zero-order valence-electron chi connectivity index (χ0n) is 23.6. The number of nitrogens with one attached hydrogen (secondary N) is 3. The molecule has 0 aromatic heterocycles. The Morgan fingerprint density at radius 2 is 1.69 bits per heavy atom. The number of likely N-dealkylation sites (tertiary alicyclic amines) is 1. The third-order valence-corrected chi connectivity index (χ3v) is 9.60. The monoisotopic (exact) mass is 572 g/mol. The summed E-state index contributed by atoms with van der Waals surface area (Å²) in [7, 11) is 0. The average molecular weight is 573 g/mol. The highest BCUT2D eigenvalue weighted by atomic mass is 16.3. The van der Waals surface area contributed by atoms with Crippen LogP contribution in [0.15, 0.2) is 48.5 Å². The Bertz CT molecular complexity index is 1410. The summed E-state index contributed by atoms with van der Waals surface area (Å²) in [5.41, 5.74) is 1.49. The average Bonchev–Trinajstić information content (AvgIpc) is 3.75. The molecular formula is C32H36N4O6. The first kappa shape index (κ1) is 28.1. The molecule has 5 atom stereocenters. The van der Waals surface area contributed by atoms with E-state index in [0.717, 1.165) is 30.4 Å². The second-order valence-corrected chi connectivity index (χ2v) is 12.0. The third kappa shape index (κ3) is 4.48. The van der Waals surface area contributed by atoms with E-state index in [1.165, 1.54) is 6.92 Å². The maximum absolute atomic E-state index is 14.9. The van der Waals surface area contributed by atoms with Gasteiger partial charge in [-0.05, 0) is 59.8 Å². The van der Waals surface area contributed by atoms with Crippen molar-refractivity contribution in [1.82, 2.24) is 20.9 Å². The number of nitrogens with zero attached hydrogens (tertiary/aromatic N) is 1. The molecule has 0 radical (unpaired) electrons. The summed E-state index contributed by atoms with van der Waals surface area (Å²) in [5, 5.41) is 18.2. The molecule has 1 saturated carbocycles. The standard InChI is InChI=1S/C32H36N4O6/c1-18(38)35-32(24-11-4-2-8-22(24)23-9-3-5-12-25(23)32)31(42)36-16-20-7-6-10-21(20)28(36)30(41)34-26(27(39)17-37)15-19-13-14-33-29(19)40/h2-5,8-9,11-12,19-21,26,28,37H,6-7,10,13-17H2,1H3,(H,33,40)(H,34,41)(H,35,38)/t19-,20+,21+,26-,28+/m0/s1. The molecule has 2 aromatic rings. The van der Waals surface area contributed by atoms with Gasteiger partial charge < -0.3 is 26.0 Å². The normalized spacial score (nSPS) is 25.7. The molecule has 0 bridgehead atoms. The van der Waals surface area contributed by atoms with E-state index in [-0.39, 0.29) is 36.0 Å². The molecule has 2 aromatic carbocycles. The fourth-order valence-electron chi connectivity index (χ4n) is 7.78. The lowest BCUT2D eigenvalue weighted by atomic mass is 9.85. The zero-order chi connectivity index (χ0) is 29.6. The lowest BCUT2D eigenvalue weighted by Crippen LogP contribution is -2.61. The Labute approximate surface area is 244 Å². The van der Waals surface area contributed by atoms with Crippen molar-refractivity contribution in [3.63, 3.8) is 0 Å². The molecule has 2 saturated heterocycles. The second kappa shape index (κ2) is 11.0. The summed E-state index contributed by atoms with van der Waals surface area (Å²) < 4.78 is 0. The number of rotatable bonds is 8. The summed E-state index contributed by atoms with van der Waals surface area (Å²) in [6.07, 6.45) is 3.20. The maximum atomic E-state index is 14.9. The molecular weight excluding hydrogens is 536 g/mol. The van der Waals surface area contributed by atoms with Crippen molar-refractivity contribution >= 4 is 29.4 Å². The molecule has 3 fully saturated rings. The predicted octanol–water partition coefficient (Wildman–Crippen LogP) is 1.25. The van der Waals surface area contributed by atoms with Crippen molar-refractivity contribution < 1.29 is 29.1 Å². The molecule has 4 amide bonds. The van der Waals surface area contributed by atoms with Gasteiger partial charge in [0.1, 0.15) is 12.6 Å². The number of carbonyl (C=O) groups excluding carboxylic acids is 5. The molecule has 220 valence electrons. The second-order valence-electron chi connectivity index (χ2n) is 12.0. The summed E-state index contributed by atoms with van der Waals surface area (Å²) >= 11 is 0. The quantitative estimate of drug-likeness (QED) is 0.375. The first-order valence-corrected chi connectivity index (χ1v) is 14.8. The SMILES string of the molecule is CC(=O)NC1(C(=O)N2C[C@H]3CCC[C@H]3[C@@H]2C(=O)N[C@@H](C[C@@H]2CCNC2=O)C(=O)CO)c2ccccc2-c2ccccc21. The van der Waals surface area contributed by atoms with Crippen LogP contribution in [0.4, 0.5) is 0 Å². The Kier molecular flexibility index (Phi) is 7.34.